The largest absolute Gasteiger partial charge is 0.391 e. The first-order chi connectivity index (χ1) is 14.4. The lowest BCUT2D eigenvalue weighted by Gasteiger charge is -2.60. The summed E-state index contributed by atoms with van der Waals surface area (Å²) in [7, 11) is 0. The van der Waals surface area contributed by atoms with E-state index in [1.807, 2.05) is 0 Å². The highest BCUT2D eigenvalue weighted by molar-refractivity contribution is 5.87. The monoisotopic (exact) mass is 415 g/mol. The maximum Gasteiger partial charge on any atom is 0.142 e. The summed E-state index contributed by atoms with van der Waals surface area (Å²) < 4.78 is 0. The molecular formula is C24H37N3O3. The predicted molar refractivity (Wildman–Crippen MR) is 116 cm³/mol. The van der Waals surface area contributed by atoms with Crippen molar-refractivity contribution in [2.45, 2.75) is 103 Å². The third kappa shape index (κ3) is 3.00. The summed E-state index contributed by atoms with van der Waals surface area (Å²) in [5.41, 5.74) is 7.16. The van der Waals surface area contributed by atoms with Gasteiger partial charge in [-0.2, -0.15) is 4.91 Å². The van der Waals surface area contributed by atoms with E-state index in [9.17, 15) is 9.70 Å². The predicted octanol–water partition coefficient (Wildman–Crippen LogP) is 4.60. The van der Waals surface area contributed by atoms with Crippen molar-refractivity contribution in [1.82, 2.24) is 0 Å². The minimum Gasteiger partial charge on any atom is -0.391 e. The maximum absolute atomic E-state index is 12.6. The van der Waals surface area contributed by atoms with Gasteiger partial charge in [0.15, 0.2) is 0 Å². The van der Waals surface area contributed by atoms with Gasteiger partial charge >= 0.3 is 0 Å². The number of carbonyl (C=O) groups excluding carboxylic acids is 1. The highest BCUT2D eigenvalue weighted by atomic mass is 16.6. The summed E-state index contributed by atoms with van der Waals surface area (Å²) in [6.45, 7) is 4.59. The lowest BCUT2D eigenvalue weighted by Crippen LogP contribution is -2.57. The first-order valence-corrected chi connectivity index (χ1v) is 12.2. The fourth-order valence-electron chi connectivity index (χ4n) is 8.30. The molecular weight excluding hydrogens is 378 g/mol. The second-order valence-corrected chi connectivity index (χ2v) is 11.4. The van der Waals surface area contributed by atoms with Gasteiger partial charge in [0.2, 0.25) is 0 Å². The first-order valence-electron chi connectivity index (χ1n) is 12.2. The Kier molecular flexibility index (Phi) is 5.07. The average molecular weight is 416 g/mol. The van der Waals surface area contributed by atoms with Gasteiger partial charge in [-0.25, -0.2) is 0 Å². The zero-order chi connectivity index (χ0) is 21.1. The molecule has 5 fully saturated rings. The zero-order valence-electron chi connectivity index (χ0n) is 18.5. The highest BCUT2D eigenvalue weighted by Crippen LogP contribution is 2.65. The van der Waals surface area contributed by atoms with Crippen LogP contribution in [0.25, 0.3) is 0 Å². The van der Waals surface area contributed by atoms with E-state index in [1.54, 1.807) is 0 Å². The van der Waals surface area contributed by atoms with Crippen LogP contribution in [0.5, 0.6) is 0 Å². The number of fused-ring (bicyclic) bond motifs is 5. The van der Waals surface area contributed by atoms with Crippen molar-refractivity contribution in [3.05, 3.63) is 4.91 Å². The Balaban J connectivity index is 1.36. The molecule has 0 bridgehead atoms. The smallest absolute Gasteiger partial charge is 0.142 e. The van der Waals surface area contributed by atoms with Crippen molar-refractivity contribution in [2.75, 3.05) is 0 Å². The van der Waals surface area contributed by atoms with Crippen molar-refractivity contribution in [3.8, 4) is 0 Å². The number of rotatable bonds is 3. The Morgan fingerprint density at radius 1 is 1.03 bits per heavy atom. The van der Waals surface area contributed by atoms with E-state index in [2.05, 4.69) is 24.2 Å². The van der Waals surface area contributed by atoms with Crippen LogP contribution < -0.4 is 5.73 Å². The quantitative estimate of drug-likeness (QED) is 0.538. The molecule has 0 saturated heterocycles. The van der Waals surface area contributed by atoms with Gasteiger partial charge in [-0.3, -0.25) is 4.79 Å². The first kappa shape index (κ1) is 20.6. The Bertz CT molecular complexity index is 754. The van der Waals surface area contributed by atoms with Crippen LogP contribution in [0, 0.1) is 39.4 Å². The van der Waals surface area contributed by atoms with Crippen molar-refractivity contribution >= 4 is 11.5 Å². The summed E-state index contributed by atoms with van der Waals surface area (Å²) >= 11 is 0. The van der Waals surface area contributed by atoms with Crippen molar-refractivity contribution < 1.29 is 9.63 Å². The normalized spacial score (nSPS) is 51.9. The molecule has 5 aliphatic carbocycles. The summed E-state index contributed by atoms with van der Waals surface area (Å²) in [4.78, 5) is 30.5. The number of carbonyl (C=O) groups is 1. The molecule has 9 atom stereocenters. The van der Waals surface area contributed by atoms with E-state index in [0.29, 0.717) is 23.5 Å². The number of ketones is 1. The summed E-state index contributed by atoms with van der Waals surface area (Å²) in [5.74, 6) is 2.19. The van der Waals surface area contributed by atoms with Crippen LogP contribution in [-0.4, -0.2) is 29.7 Å². The summed E-state index contributed by atoms with van der Waals surface area (Å²) in [5, 5.41) is 8.19. The molecule has 0 amide bonds. The van der Waals surface area contributed by atoms with Crippen LogP contribution in [0.4, 0.5) is 0 Å². The van der Waals surface area contributed by atoms with Crippen molar-refractivity contribution in [2.24, 2.45) is 50.6 Å². The minimum atomic E-state index is -0.173. The standard InChI is InChI=1S/C24H37N3O3/c1-23-10-8-14(27-30-21-5-3-4-19(21)25)12-18(23)20(26-29)13-15-16-6-7-22(28)24(16,2)11-9-17(15)23/h15-21H,3-13,25H2,1-2H3/t15-,16-,17-,18?,19+,20?,21+,23+,24-/m0/s1. The number of nitroso groups, excluding NO2 is 1. The van der Waals surface area contributed by atoms with E-state index >= 15 is 0 Å². The molecule has 2 unspecified atom stereocenters. The van der Waals surface area contributed by atoms with E-state index in [0.717, 1.165) is 76.3 Å². The SMILES string of the molecule is C[C@]12CCC(=NO[C@@H]3CCC[C@H]3N)CC1C(N=O)C[C@@H]1[C@@H]2CC[C@]2(C)C(=O)CC[C@@H]12. The number of nitrogens with two attached hydrogens (primary N) is 1. The molecule has 166 valence electrons. The molecule has 6 heteroatoms. The van der Waals surface area contributed by atoms with Crippen LogP contribution in [0.2, 0.25) is 0 Å². The Morgan fingerprint density at radius 2 is 1.87 bits per heavy atom. The van der Waals surface area contributed by atoms with Crippen LogP contribution in [0.3, 0.4) is 0 Å². The van der Waals surface area contributed by atoms with E-state index in [-0.39, 0.29) is 34.9 Å². The van der Waals surface area contributed by atoms with Crippen molar-refractivity contribution in [1.29, 1.82) is 0 Å². The number of nitrogens with zero attached hydrogens (tertiary/aromatic N) is 2. The molecule has 5 aliphatic rings. The zero-order valence-corrected chi connectivity index (χ0v) is 18.5. The number of Topliss-reactive ketones (excluding diaryl/α,β-unsaturated/α-hetero) is 1. The molecule has 30 heavy (non-hydrogen) atoms. The molecule has 0 aromatic carbocycles. The summed E-state index contributed by atoms with van der Waals surface area (Å²) in [6.07, 6.45) is 10.7. The molecule has 5 rings (SSSR count). The van der Waals surface area contributed by atoms with Gasteiger partial charge in [-0.15, -0.1) is 0 Å². The van der Waals surface area contributed by atoms with Gasteiger partial charge in [0, 0.05) is 17.9 Å². The molecule has 0 radical (unpaired) electrons. The van der Waals surface area contributed by atoms with Crippen LogP contribution in [0.1, 0.15) is 84.5 Å². The van der Waals surface area contributed by atoms with Crippen LogP contribution >= 0.6 is 0 Å². The third-order valence-corrected chi connectivity index (χ3v) is 10.2. The molecule has 0 aromatic heterocycles. The second-order valence-electron chi connectivity index (χ2n) is 11.4. The van der Waals surface area contributed by atoms with E-state index in [1.165, 1.54) is 0 Å². The van der Waals surface area contributed by atoms with E-state index in [4.69, 9.17) is 10.6 Å². The lowest BCUT2D eigenvalue weighted by atomic mass is 9.44. The molecule has 0 aromatic rings. The van der Waals surface area contributed by atoms with Gasteiger partial charge in [-0.05, 0) is 93.3 Å². The number of hydrogen-bond acceptors (Lipinski definition) is 6. The highest BCUT2D eigenvalue weighted by Gasteiger charge is 2.62. The van der Waals surface area contributed by atoms with E-state index < -0.39 is 0 Å². The number of hydrogen-bond donors (Lipinski definition) is 1. The lowest BCUT2D eigenvalue weighted by molar-refractivity contribution is -0.138. The molecule has 6 nitrogen and oxygen atoms in total. The Morgan fingerprint density at radius 3 is 2.60 bits per heavy atom. The van der Waals surface area contributed by atoms with Crippen molar-refractivity contribution in [3.63, 3.8) is 0 Å². The topological polar surface area (TPSA) is 94.1 Å². The molecule has 0 aliphatic heterocycles. The molecule has 5 saturated carbocycles. The van der Waals surface area contributed by atoms with Gasteiger partial charge in [0.25, 0.3) is 0 Å². The van der Waals surface area contributed by atoms with Gasteiger partial charge in [0.1, 0.15) is 11.9 Å². The third-order valence-electron chi connectivity index (χ3n) is 10.2. The fourth-order valence-corrected chi connectivity index (χ4v) is 8.30. The van der Waals surface area contributed by atoms with Crippen LogP contribution in [-0.2, 0) is 9.63 Å². The number of oxime groups is 1. The average Bonchev–Trinajstić information content (AvgIpc) is 3.28. The van der Waals surface area contributed by atoms with Gasteiger partial charge in [-0.1, -0.05) is 24.2 Å². The van der Waals surface area contributed by atoms with Gasteiger partial charge < -0.3 is 10.6 Å². The Hall–Kier alpha value is -1.30. The minimum absolute atomic E-state index is 0.0393. The fraction of sp³-hybridized carbons (Fsp3) is 0.917. The molecule has 0 heterocycles. The second kappa shape index (κ2) is 7.39. The summed E-state index contributed by atoms with van der Waals surface area (Å²) in [6, 6.07) is -0.0813. The molecule has 2 N–H and O–H groups in total. The van der Waals surface area contributed by atoms with Crippen LogP contribution in [0.15, 0.2) is 10.3 Å². The maximum atomic E-state index is 12.6. The Labute approximate surface area is 179 Å². The van der Waals surface area contributed by atoms with Gasteiger partial charge in [0.05, 0.1) is 11.8 Å². The molecule has 0 spiro atoms.